The van der Waals surface area contributed by atoms with E-state index in [1.54, 1.807) is 31.0 Å². The average Bonchev–Trinajstić information content (AvgIpc) is 3.21. The van der Waals surface area contributed by atoms with Crippen molar-refractivity contribution >= 4 is 17.5 Å². The number of rotatable bonds is 5. The third-order valence-corrected chi connectivity index (χ3v) is 4.75. The number of anilines is 2. The number of hydrogen-bond acceptors (Lipinski definition) is 7. The van der Waals surface area contributed by atoms with Crippen molar-refractivity contribution in [2.45, 2.75) is 13.0 Å². The van der Waals surface area contributed by atoms with Crippen LogP contribution in [0.3, 0.4) is 0 Å². The van der Waals surface area contributed by atoms with Gasteiger partial charge in [0.1, 0.15) is 17.5 Å². The van der Waals surface area contributed by atoms with Crippen molar-refractivity contribution in [2.75, 3.05) is 24.9 Å². The summed E-state index contributed by atoms with van der Waals surface area (Å²) < 4.78 is 12.5. The Morgan fingerprint density at radius 1 is 1.07 bits per heavy atom. The van der Waals surface area contributed by atoms with Crippen molar-refractivity contribution in [2.24, 2.45) is 0 Å². The van der Waals surface area contributed by atoms with E-state index in [9.17, 15) is 4.79 Å². The maximum Gasteiger partial charge on any atom is 0.255 e. The summed E-state index contributed by atoms with van der Waals surface area (Å²) in [5.41, 5.74) is 2.46. The van der Waals surface area contributed by atoms with Crippen LogP contribution in [0.15, 0.2) is 59.8 Å². The van der Waals surface area contributed by atoms with Gasteiger partial charge in [-0.2, -0.15) is 4.68 Å². The van der Waals surface area contributed by atoms with E-state index in [0.717, 1.165) is 5.56 Å². The Balaban J connectivity index is 1.80. The van der Waals surface area contributed by atoms with Crippen molar-refractivity contribution in [1.29, 1.82) is 0 Å². The summed E-state index contributed by atoms with van der Waals surface area (Å²) in [4.78, 5) is 13.4. The first-order valence-corrected chi connectivity index (χ1v) is 8.97. The van der Waals surface area contributed by atoms with E-state index in [4.69, 9.17) is 9.47 Å². The lowest BCUT2D eigenvalue weighted by Crippen LogP contribution is -2.31. The Morgan fingerprint density at radius 3 is 2.52 bits per heavy atom. The van der Waals surface area contributed by atoms with E-state index < -0.39 is 6.04 Å². The summed E-state index contributed by atoms with van der Waals surface area (Å²) >= 11 is 0. The number of amides is 1. The Kier molecular flexibility index (Phi) is 4.86. The van der Waals surface area contributed by atoms with Crippen molar-refractivity contribution in [1.82, 2.24) is 20.2 Å². The minimum absolute atomic E-state index is 0.295. The Bertz CT molecular complexity index is 1090. The molecule has 1 aliphatic rings. The van der Waals surface area contributed by atoms with Crippen LogP contribution in [0.1, 0.15) is 18.5 Å². The second-order valence-corrected chi connectivity index (χ2v) is 6.41. The molecule has 9 nitrogen and oxygen atoms in total. The number of para-hydroxylation sites is 3. The molecule has 0 saturated carbocycles. The van der Waals surface area contributed by atoms with Crippen molar-refractivity contribution in [3.05, 3.63) is 65.4 Å². The molecule has 0 fully saturated rings. The molecule has 4 rings (SSSR count). The van der Waals surface area contributed by atoms with E-state index >= 15 is 0 Å². The normalized spacial score (nSPS) is 15.3. The topological polar surface area (TPSA) is 103 Å². The van der Waals surface area contributed by atoms with Gasteiger partial charge in [0.15, 0.2) is 0 Å². The number of tetrazole rings is 1. The highest BCUT2D eigenvalue weighted by molar-refractivity contribution is 6.06. The maximum absolute atomic E-state index is 13.4. The molecule has 148 valence electrons. The standard InChI is InChI=1S/C20H20N6O3/c1-12-17(19(27)22-14-9-5-7-11-16(14)29-3)18(26-20(21-12)23-24-25-26)13-8-4-6-10-15(13)28-2/h4-11,18H,1-3H3,(H,22,27)(H,21,23,25)/t18-/m0/s1. The van der Waals surface area contributed by atoms with Crippen LogP contribution in [0.5, 0.6) is 11.5 Å². The number of benzene rings is 2. The smallest absolute Gasteiger partial charge is 0.255 e. The SMILES string of the molecule is COc1ccccc1NC(=O)C1=C(C)Nc2nnnn2[C@H]1c1ccccc1OC. The molecular weight excluding hydrogens is 372 g/mol. The van der Waals surface area contributed by atoms with Crippen molar-refractivity contribution in [3.8, 4) is 11.5 Å². The molecule has 29 heavy (non-hydrogen) atoms. The van der Waals surface area contributed by atoms with Crippen LogP contribution in [-0.4, -0.2) is 40.3 Å². The highest BCUT2D eigenvalue weighted by Gasteiger charge is 2.35. The minimum atomic E-state index is -0.563. The second-order valence-electron chi connectivity index (χ2n) is 6.41. The van der Waals surface area contributed by atoms with Gasteiger partial charge in [-0.15, -0.1) is 0 Å². The van der Waals surface area contributed by atoms with Crippen LogP contribution >= 0.6 is 0 Å². The van der Waals surface area contributed by atoms with Gasteiger partial charge in [0.2, 0.25) is 5.95 Å². The lowest BCUT2D eigenvalue weighted by molar-refractivity contribution is -0.113. The molecule has 1 aliphatic heterocycles. The third kappa shape index (κ3) is 3.27. The molecule has 1 atom stereocenters. The minimum Gasteiger partial charge on any atom is -0.496 e. The number of aromatic nitrogens is 4. The van der Waals surface area contributed by atoms with Crippen LogP contribution in [0, 0.1) is 0 Å². The van der Waals surface area contributed by atoms with Crippen LogP contribution in [0.4, 0.5) is 11.6 Å². The number of allylic oxidation sites excluding steroid dienone is 1. The summed E-state index contributed by atoms with van der Waals surface area (Å²) in [6.45, 7) is 1.82. The average molecular weight is 392 g/mol. The van der Waals surface area contributed by atoms with E-state index in [2.05, 4.69) is 26.2 Å². The molecule has 2 aromatic carbocycles. The molecule has 0 radical (unpaired) electrons. The quantitative estimate of drug-likeness (QED) is 0.688. The molecule has 3 aromatic rings. The lowest BCUT2D eigenvalue weighted by atomic mass is 9.94. The first-order chi connectivity index (χ1) is 14.1. The number of carbonyl (C=O) groups excluding carboxylic acids is 1. The van der Waals surface area contributed by atoms with Crippen LogP contribution in [0.25, 0.3) is 0 Å². The zero-order chi connectivity index (χ0) is 20.4. The predicted molar refractivity (Wildman–Crippen MR) is 107 cm³/mol. The molecule has 1 aromatic heterocycles. The van der Waals surface area contributed by atoms with Gasteiger partial charge < -0.3 is 20.1 Å². The fourth-order valence-electron chi connectivity index (χ4n) is 3.42. The number of hydrogen-bond donors (Lipinski definition) is 2. The molecule has 1 amide bonds. The number of nitrogens with one attached hydrogen (secondary N) is 2. The van der Waals surface area contributed by atoms with Crippen molar-refractivity contribution < 1.29 is 14.3 Å². The largest absolute Gasteiger partial charge is 0.496 e. The van der Waals surface area contributed by atoms with Gasteiger partial charge in [-0.05, 0) is 35.5 Å². The number of fused-ring (bicyclic) bond motifs is 1. The highest BCUT2D eigenvalue weighted by atomic mass is 16.5. The number of methoxy groups -OCH3 is 2. The fourth-order valence-corrected chi connectivity index (χ4v) is 3.42. The zero-order valence-electron chi connectivity index (χ0n) is 16.2. The predicted octanol–water partition coefficient (Wildman–Crippen LogP) is 2.62. The third-order valence-electron chi connectivity index (χ3n) is 4.75. The first kappa shape index (κ1) is 18.5. The highest BCUT2D eigenvalue weighted by Crippen LogP contribution is 2.39. The summed E-state index contributed by atoms with van der Waals surface area (Å²) in [6, 6.07) is 14.2. The molecular formula is C20H20N6O3. The summed E-state index contributed by atoms with van der Waals surface area (Å²) in [5.74, 6) is 1.36. The van der Waals surface area contributed by atoms with Gasteiger partial charge in [-0.25, -0.2) is 0 Å². The summed E-state index contributed by atoms with van der Waals surface area (Å²) in [5, 5.41) is 17.9. The van der Waals surface area contributed by atoms with Gasteiger partial charge in [-0.1, -0.05) is 35.4 Å². The van der Waals surface area contributed by atoms with Gasteiger partial charge >= 0.3 is 0 Å². The van der Waals surface area contributed by atoms with Gasteiger partial charge in [0.05, 0.1) is 25.5 Å². The van der Waals surface area contributed by atoms with E-state index in [-0.39, 0.29) is 5.91 Å². The van der Waals surface area contributed by atoms with E-state index in [1.807, 2.05) is 43.3 Å². The molecule has 0 spiro atoms. The second kappa shape index (κ2) is 7.63. The zero-order valence-corrected chi connectivity index (χ0v) is 16.2. The molecule has 2 heterocycles. The van der Waals surface area contributed by atoms with Crippen LogP contribution < -0.4 is 20.1 Å². The van der Waals surface area contributed by atoms with Gasteiger partial charge in [-0.3, -0.25) is 4.79 Å². The molecule has 0 unspecified atom stereocenters. The van der Waals surface area contributed by atoms with E-state index in [1.165, 1.54) is 0 Å². The number of nitrogens with zero attached hydrogens (tertiary/aromatic N) is 4. The number of carbonyl (C=O) groups is 1. The van der Waals surface area contributed by atoms with Gasteiger partial charge in [0.25, 0.3) is 5.91 Å². The molecule has 0 aliphatic carbocycles. The molecule has 2 N–H and O–H groups in total. The summed E-state index contributed by atoms with van der Waals surface area (Å²) in [6.07, 6.45) is 0. The monoisotopic (exact) mass is 392 g/mol. The number of ether oxygens (including phenoxy) is 2. The fraction of sp³-hybridized carbons (Fsp3) is 0.200. The maximum atomic E-state index is 13.4. The Labute approximate surface area is 167 Å². The lowest BCUT2D eigenvalue weighted by Gasteiger charge is -2.29. The molecule has 0 saturated heterocycles. The molecule has 0 bridgehead atoms. The Hall–Kier alpha value is -3.88. The molecule has 9 heteroatoms. The summed E-state index contributed by atoms with van der Waals surface area (Å²) in [7, 11) is 3.15. The van der Waals surface area contributed by atoms with Gasteiger partial charge in [0, 0.05) is 11.3 Å². The first-order valence-electron chi connectivity index (χ1n) is 8.97. The van der Waals surface area contributed by atoms with Crippen LogP contribution in [0.2, 0.25) is 0 Å². The van der Waals surface area contributed by atoms with Crippen molar-refractivity contribution in [3.63, 3.8) is 0 Å². The van der Waals surface area contributed by atoms with Crippen LogP contribution in [-0.2, 0) is 4.79 Å². The Morgan fingerprint density at radius 2 is 1.76 bits per heavy atom. The van der Waals surface area contributed by atoms with E-state index in [0.29, 0.717) is 34.4 Å².